The maximum absolute atomic E-state index is 12.9. The van der Waals surface area contributed by atoms with Gasteiger partial charge in [-0.1, -0.05) is 12.1 Å². The Morgan fingerprint density at radius 2 is 2.04 bits per heavy atom. The number of H-pyrrole nitrogens is 1. The van der Waals surface area contributed by atoms with E-state index in [0.717, 1.165) is 5.01 Å². The number of benzene rings is 1. The summed E-state index contributed by atoms with van der Waals surface area (Å²) in [5.41, 5.74) is -0.157. The van der Waals surface area contributed by atoms with Gasteiger partial charge in [0, 0.05) is 11.9 Å². The Labute approximate surface area is 145 Å². The molecule has 1 aromatic carbocycles. The number of nitrogens with zero attached hydrogens (tertiary/aromatic N) is 2. The highest BCUT2D eigenvalue weighted by atomic mass is 32.1. The van der Waals surface area contributed by atoms with Crippen molar-refractivity contribution in [3.8, 4) is 17.3 Å². The summed E-state index contributed by atoms with van der Waals surface area (Å²) < 4.78 is 12.9. The lowest BCUT2D eigenvalue weighted by Gasteiger charge is -2.07. The van der Waals surface area contributed by atoms with E-state index in [-0.39, 0.29) is 18.2 Å². The highest BCUT2D eigenvalue weighted by Crippen LogP contribution is 2.19. The summed E-state index contributed by atoms with van der Waals surface area (Å²) in [5, 5.41) is 14.8. The lowest BCUT2D eigenvalue weighted by Crippen LogP contribution is -2.26. The average Bonchev–Trinajstić information content (AvgIpc) is 3.03. The Bertz CT molecular complexity index is 982. The molecule has 3 aromatic rings. The number of aromatic amines is 1. The van der Waals surface area contributed by atoms with E-state index in [4.69, 9.17) is 0 Å². The van der Waals surface area contributed by atoms with Crippen molar-refractivity contribution in [2.24, 2.45) is 0 Å². The van der Waals surface area contributed by atoms with Crippen molar-refractivity contribution in [1.29, 1.82) is 0 Å². The summed E-state index contributed by atoms with van der Waals surface area (Å²) in [5.74, 6) is -1.78. The quantitative estimate of drug-likeness (QED) is 0.659. The zero-order valence-electron chi connectivity index (χ0n) is 13.0. The number of amides is 1. The van der Waals surface area contributed by atoms with Crippen molar-refractivity contribution in [1.82, 2.24) is 20.3 Å². The van der Waals surface area contributed by atoms with Gasteiger partial charge in [-0.15, -0.1) is 11.3 Å². The van der Waals surface area contributed by atoms with E-state index in [1.807, 2.05) is 0 Å². The van der Waals surface area contributed by atoms with E-state index in [1.54, 1.807) is 12.3 Å². The summed E-state index contributed by atoms with van der Waals surface area (Å²) in [4.78, 5) is 34.7. The van der Waals surface area contributed by atoms with Crippen LogP contribution in [-0.4, -0.2) is 26.0 Å². The second-order valence-electron chi connectivity index (χ2n) is 5.17. The van der Waals surface area contributed by atoms with Crippen LogP contribution >= 0.6 is 11.3 Å². The second-order valence-corrected chi connectivity index (χ2v) is 6.23. The minimum Gasteiger partial charge on any atom is -0.501 e. The van der Waals surface area contributed by atoms with E-state index in [2.05, 4.69) is 20.3 Å². The SMILES string of the molecule is Cc1nc(-c2nc(C(=O)NCc3ccc(F)cc3)c(O)c(=O)[nH]2)cs1. The maximum Gasteiger partial charge on any atom is 0.294 e. The topological polar surface area (TPSA) is 108 Å². The molecular formula is C16H13FN4O3S. The Morgan fingerprint density at radius 1 is 1.32 bits per heavy atom. The molecule has 9 heteroatoms. The minimum atomic E-state index is -0.831. The number of halogens is 1. The van der Waals surface area contributed by atoms with Gasteiger partial charge in [0.2, 0.25) is 5.75 Å². The minimum absolute atomic E-state index is 0.0954. The monoisotopic (exact) mass is 360 g/mol. The molecule has 3 rings (SSSR count). The average molecular weight is 360 g/mol. The number of carbonyl (C=O) groups excluding carboxylic acids is 1. The first-order chi connectivity index (χ1) is 11.9. The smallest absolute Gasteiger partial charge is 0.294 e. The molecule has 2 heterocycles. The molecule has 0 aliphatic rings. The Morgan fingerprint density at radius 3 is 2.68 bits per heavy atom. The molecular weight excluding hydrogens is 347 g/mol. The van der Waals surface area contributed by atoms with Crippen molar-refractivity contribution < 1.29 is 14.3 Å². The van der Waals surface area contributed by atoms with Crippen LogP contribution < -0.4 is 10.9 Å². The normalized spacial score (nSPS) is 10.6. The van der Waals surface area contributed by atoms with Gasteiger partial charge in [0.15, 0.2) is 11.5 Å². The third-order valence-electron chi connectivity index (χ3n) is 3.34. The van der Waals surface area contributed by atoms with E-state index >= 15 is 0 Å². The first-order valence-electron chi connectivity index (χ1n) is 7.22. The van der Waals surface area contributed by atoms with Gasteiger partial charge in [0.1, 0.15) is 11.5 Å². The van der Waals surface area contributed by atoms with Gasteiger partial charge in [-0.05, 0) is 24.6 Å². The van der Waals surface area contributed by atoms with E-state index in [1.165, 1.54) is 35.6 Å². The van der Waals surface area contributed by atoms with Crippen LogP contribution in [0, 0.1) is 12.7 Å². The summed E-state index contributed by atoms with van der Waals surface area (Å²) in [6.07, 6.45) is 0. The van der Waals surface area contributed by atoms with Crippen LogP contribution in [0.25, 0.3) is 11.5 Å². The molecule has 0 atom stereocenters. The number of aromatic nitrogens is 3. The summed E-state index contributed by atoms with van der Waals surface area (Å²) in [6, 6.07) is 5.58. The van der Waals surface area contributed by atoms with Gasteiger partial charge < -0.3 is 15.4 Å². The molecule has 25 heavy (non-hydrogen) atoms. The molecule has 0 saturated heterocycles. The van der Waals surface area contributed by atoms with Crippen LogP contribution in [-0.2, 0) is 6.54 Å². The third kappa shape index (κ3) is 3.72. The predicted molar refractivity (Wildman–Crippen MR) is 89.9 cm³/mol. The molecule has 0 aliphatic heterocycles. The van der Waals surface area contributed by atoms with E-state index in [9.17, 15) is 19.1 Å². The fourth-order valence-corrected chi connectivity index (χ4v) is 2.68. The molecule has 3 N–H and O–H groups in total. The van der Waals surface area contributed by atoms with Crippen molar-refractivity contribution in [3.63, 3.8) is 0 Å². The molecule has 0 aliphatic carbocycles. The summed E-state index contributed by atoms with van der Waals surface area (Å²) in [7, 11) is 0. The van der Waals surface area contributed by atoms with Crippen LogP contribution in [0.2, 0.25) is 0 Å². The largest absolute Gasteiger partial charge is 0.501 e. The highest BCUT2D eigenvalue weighted by Gasteiger charge is 2.19. The number of rotatable bonds is 4. The summed E-state index contributed by atoms with van der Waals surface area (Å²) in [6.45, 7) is 1.89. The van der Waals surface area contributed by atoms with Gasteiger partial charge in [-0.3, -0.25) is 9.59 Å². The van der Waals surface area contributed by atoms with Crippen molar-refractivity contribution in [2.75, 3.05) is 0 Å². The van der Waals surface area contributed by atoms with E-state index in [0.29, 0.717) is 11.3 Å². The Hall–Kier alpha value is -3.07. The van der Waals surface area contributed by atoms with Crippen LogP contribution in [0.1, 0.15) is 21.1 Å². The lowest BCUT2D eigenvalue weighted by atomic mass is 10.2. The predicted octanol–water partition coefficient (Wildman–Crippen LogP) is 1.98. The highest BCUT2D eigenvalue weighted by molar-refractivity contribution is 7.09. The van der Waals surface area contributed by atoms with Gasteiger partial charge in [-0.2, -0.15) is 0 Å². The number of aromatic hydroxyl groups is 1. The molecule has 0 unspecified atom stereocenters. The molecule has 0 bridgehead atoms. The van der Waals surface area contributed by atoms with Gasteiger partial charge in [0.25, 0.3) is 11.5 Å². The number of hydrogen-bond donors (Lipinski definition) is 3. The summed E-state index contributed by atoms with van der Waals surface area (Å²) >= 11 is 1.37. The van der Waals surface area contributed by atoms with E-state index < -0.39 is 22.9 Å². The van der Waals surface area contributed by atoms with Crippen LogP contribution in [0.4, 0.5) is 4.39 Å². The van der Waals surface area contributed by atoms with Crippen LogP contribution in [0.15, 0.2) is 34.4 Å². The molecule has 2 aromatic heterocycles. The zero-order valence-corrected chi connectivity index (χ0v) is 13.9. The molecule has 0 radical (unpaired) electrons. The van der Waals surface area contributed by atoms with Crippen LogP contribution in [0.3, 0.4) is 0 Å². The number of nitrogens with one attached hydrogen (secondary N) is 2. The van der Waals surface area contributed by atoms with Crippen LogP contribution in [0.5, 0.6) is 5.75 Å². The standard InChI is InChI=1S/C16H13FN4O3S/c1-8-19-11(7-25-8)14-20-12(13(22)16(24)21-14)15(23)18-6-9-2-4-10(17)5-3-9/h2-5,7,22H,6H2,1H3,(H,18,23)(H,20,21,24). The lowest BCUT2D eigenvalue weighted by molar-refractivity contribution is 0.0942. The van der Waals surface area contributed by atoms with Gasteiger partial charge in [0.05, 0.1) is 5.01 Å². The molecule has 0 fully saturated rings. The number of carbonyl (C=O) groups is 1. The zero-order chi connectivity index (χ0) is 18.0. The maximum atomic E-state index is 12.9. The fraction of sp³-hybridized carbons (Fsp3) is 0.125. The number of thiazole rings is 1. The molecule has 7 nitrogen and oxygen atoms in total. The number of aryl methyl sites for hydroxylation is 1. The third-order valence-corrected chi connectivity index (χ3v) is 4.11. The van der Waals surface area contributed by atoms with Gasteiger partial charge >= 0.3 is 0 Å². The van der Waals surface area contributed by atoms with Crippen molar-refractivity contribution in [2.45, 2.75) is 13.5 Å². The first kappa shape index (κ1) is 16.8. The van der Waals surface area contributed by atoms with Gasteiger partial charge in [-0.25, -0.2) is 14.4 Å². The fourth-order valence-electron chi connectivity index (χ4n) is 2.09. The second kappa shape index (κ2) is 6.81. The molecule has 1 amide bonds. The number of hydrogen-bond acceptors (Lipinski definition) is 6. The molecule has 128 valence electrons. The first-order valence-corrected chi connectivity index (χ1v) is 8.10. The molecule has 0 saturated carbocycles. The Kier molecular flexibility index (Phi) is 4.57. The van der Waals surface area contributed by atoms with Crippen molar-refractivity contribution >= 4 is 17.2 Å². The van der Waals surface area contributed by atoms with Crippen molar-refractivity contribution in [3.05, 3.63) is 62.1 Å². The molecule has 0 spiro atoms. The Balaban J connectivity index is 1.85.